The predicted molar refractivity (Wildman–Crippen MR) is 100 cm³/mol. The van der Waals surface area contributed by atoms with Gasteiger partial charge >= 0.3 is 0 Å². The molecular weight excluding hydrogens is 310 g/mol. The first-order valence-corrected chi connectivity index (χ1v) is 9.23. The summed E-state index contributed by atoms with van der Waals surface area (Å²) in [6.07, 6.45) is 5.17. The van der Waals surface area contributed by atoms with E-state index in [1.165, 1.54) is 25.7 Å². The first-order valence-electron chi connectivity index (χ1n) is 9.23. The number of fused-ring (bicyclic) bond motifs is 2. The molecule has 2 atom stereocenters. The van der Waals surface area contributed by atoms with Crippen molar-refractivity contribution in [1.82, 2.24) is 9.88 Å². The number of amides is 1. The third-order valence-electron chi connectivity index (χ3n) is 5.62. The fourth-order valence-corrected chi connectivity index (χ4v) is 4.42. The number of nitrogens with zero attached hydrogens (tertiary/aromatic N) is 2. The standard InChI is InChI=1S/C21H25N3O/c1-14-8-9-19(20(22)23-14)17-6-3-7-18(11-17)21(25)24-12-15-4-2-5-16(10-15)13-24/h3,6-9,11,15-16H,2,4-5,10,12-13H2,1H3,(H2,22,23)/t15-,16+. The Balaban J connectivity index is 1.59. The van der Waals surface area contributed by atoms with Crippen LogP contribution in [0.2, 0.25) is 0 Å². The van der Waals surface area contributed by atoms with Crippen LogP contribution >= 0.6 is 0 Å². The second-order valence-electron chi connectivity index (χ2n) is 7.58. The van der Waals surface area contributed by atoms with Gasteiger partial charge < -0.3 is 10.6 Å². The molecule has 2 bridgehead atoms. The predicted octanol–water partition coefficient (Wildman–Crippen LogP) is 3.90. The number of hydrogen-bond acceptors (Lipinski definition) is 3. The van der Waals surface area contributed by atoms with Crippen LogP contribution in [-0.4, -0.2) is 28.9 Å². The minimum atomic E-state index is 0.150. The average molecular weight is 335 g/mol. The number of pyridine rings is 1. The van der Waals surface area contributed by atoms with Crippen molar-refractivity contribution in [2.75, 3.05) is 18.8 Å². The van der Waals surface area contributed by atoms with Gasteiger partial charge in [0.05, 0.1) is 0 Å². The van der Waals surface area contributed by atoms with Crippen LogP contribution in [0, 0.1) is 18.8 Å². The number of nitrogens with two attached hydrogens (primary N) is 1. The minimum Gasteiger partial charge on any atom is -0.383 e. The Morgan fingerprint density at radius 2 is 1.92 bits per heavy atom. The van der Waals surface area contributed by atoms with Crippen molar-refractivity contribution in [1.29, 1.82) is 0 Å². The fraction of sp³-hybridized carbons (Fsp3) is 0.429. The Morgan fingerprint density at radius 3 is 2.64 bits per heavy atom. The summed E-state index contributed by atoms with van der Waals surface area (Å²) in [4.78, 5) is 19.4. The molecule has 2 N–H and O–H groups in total. The van der Waals surface area contributed by atoms with Crippen LogP contribution in [0.5, 0.6) is 0 Å². The molecule has 1 aromatic heterocycles. The van der Waals surface area contributed by atoms with Gasteiger partial charge in [-0.2, -0.15) is 0 Å². The molecule has 0 radical (unpaired) electrons. The van der Waals surface area contributed by atoms with Crippen molar-refractivity contribution in [2.24, 2.45) is 11.8 Å². The highest BCUT2D eigenvalue weighted by molar-refractivity contribution is 5.96. The van der Waals surface area contributed by atoms with Gasteiger partial charge in [0, 0.05) is 29.9 Å². The van der Waals surface area contributed by atoms with Gasteiger partial charge in [-0.15, -0.1) is 0 Å². The second kappa shape index (κ2) is 6.51. The monoisotopic (exact) mass is 335 g/mol. The van der Waals surface area contributed by atoms with Crippen LogP contribution in [0.1, 0.15) is 41.7 Å². The van der Waals surface area contributed by atoms with Crippen LogP contribution in [0.3, 0.4) is 0 Å². The van der Waals surface area contributed by atoms with Gasteiger partial charge in [0.2, 0.25) is 0 Å². The van der Waals surface area contributed by atoms with E-state index < -0.39 is 0 Å². The number of anilines is 1. The zero-order chi connectivity index (χ0) is 17.4. The Morgan fingerprint density at radius 1 is 1.16 bits per heavy atom. The summed E-state index contributed by atoms with van der Waals surface area (Å²) in [7, 11) is 0. The first kappa shape index (κ1) is 16.1. The zero-order valence-electron chi connectivity index (χ0n) is 14.7. The number of carbonyl (C=O) groups is 1. The number of aromatic nitrogens is 1. The van der Waals surface area contributed by atoms with E-state index in [9.17, 15) is 4.79 Å². The number of carbonyl (C=O) groups excluding carboxylic acids is 1. The number of hydrogen-bond donors (Lipinski definition) is 1. The lowest BCUT2D eigenvalue weighted by Crippen LogP contribution is -2.45. The summed E-state index contributed by atoms with van der Waals surface area (Å²) in [5.74, 6) is 2.04. The molecule has 0 spiro atoms. The third kappa shape index (κ3) is 3.26. The normalized spacial score (nSPS) is 22.7. The number of aryl methyl sites for hydroxylation is 1. The number of likely N-dealkylation sites (tertiary alicyclic amines) is 1. The van der Waals surface area contributed by atoms with Crippen LogP contribution in [0.25, 0.3) is 11.1 Å². The zero-order valence-corrected chi connectivity index (χ0v) is 14.7. The largest absolute Gasteiger partial charge is 0.383 e. The lowest BCUT2D eigenvalue weighted by Gasteiger charge is -2.41. The summed E-state index contributed by atoms with van der Waals surface area (Å²) >= 11 is 0. The van der Waals surface area contributed by atoms with E-state index in [4.69, 9.17) is 5.73 Å². The van der Waals surface area contributed by atoms with Crippen molar-refractivity contribution in [3.63, 3.8) is 0 Å². The van der Waals surface area contributed by atoms with Gasteiger partial charge in [0.25, 0.3) is 5.91 Å². The third-order valence-corrected chi connectivity index (χ3v) is 5.62. The number of rotatable bonds is 2. The Labute approximate surface area is 149 Å². The second-order valence-corrected chi connectivity index (χ2v) is 7.58. The molecule has 2 heterocycles. The van der Waals surface area contributed by atoms with Crippen LogP contribution in [-0.2, 0) is 0 Å². The van der Waals surface area contributed by atoms with E-state index >= 15 is 0 Å². The maximum atomic E-state index is 13.0. The van der Waals surface area contributed by atoms with E-state index in [0.29, 0.717) is 17.7 Å². The van der Waals surface area contributed by atoms with E-state index in [2.05, 4.69) is 9.88 Å². The maximum absolute atomic E-state index is 13.0. The van der Waals surface area contributed by atoms with Gasteiger partial charge in [0.1, 0.15) is 5.82 Å². The molecule has 130 valence electrons. The molecule has 1 saturated heterocycles. The molecule has 1 saturated carbocycles. The van der Waals surface area contributed by atoms with E-state index in [1.807, 2.05) is 43.3 Å². The number of benzene rings is 1. The fourth-order valence-electron chi connectivity index (χ4n) is 4.42. The molecule has 2 aromatic rings. The molecule has 2 aliphatic rings. The lowest BCUT2D eigenvalue weighted by molar-refractivity contribution is 0.0504. The summed E-state index contributed by atoms with van der Waals surface area (Å²) in [5.41, 5.74) is 9.56. The van der Waals surface area contributed by atoms with Crippen molar-refractivity contribution < 1.29 is 4.79 Å². The SMILES string of the molecule is Cc1ccc(-c2cccc(C(=O)N3C[C@@H]4CCC[C@@H](C4)C3)c2)c(N)n1. The van der Waals surface area contributed by atoms with Gasteiger partial charge in [-0.05, 0) is 67.9 Å². The van der Waals surface area contributed by atoms with Gasteiger partial charge in [-0.1, -0.05) is 18.6 Å². The molecule has 4 heteroatoms. The molecule has 1 aliphatic carbocycles. The summed E-state index contributed by atoms with van der Waals surface area (Å²) in [6.45, 7) is 3.74. The molecule has 2 fully saturated rings. The molecule has 1 aliphatic heterocycles. The molecule has 1 aromatic carbocycles. The van der Waals surface area contributed by atoms with Crippen molar-refractivity contribution in [2.45, 2.75) is 32.6 Å². The van der Waals surface area contributed by atoms with Gasteiger partial charge in [-0.25, -0.2) is 4.98 Å². The van der Waals surface area contributed by atoms with Crippen molar-refractivity contribution in [3.05, 3.63) is 47.7 Å². The number of nitrogen functional groups attached to an aromatic ring is 1. The maximum Gasteiger partial charge on any atom is 0.253 e. The van der Waals surface area contributed by atoms with E-state index in [0.717, 1.165) is 35.5 Å². The van der Waals surface area contributed by atoms with Crippen LogP contribution < -0.4 is 5.73 Å². The molecule has 25 heavy (non-hydrogen) atoms. The molecule has 0 unspecified atom stereocenters. The van der Waals surface area contributed by atoms with Gasteiger partial charge in [0.15, 0.2) is 0 Å². The first-order chi connectivity index (χ1) is 12.1. The molecular formula is C21H25N3O. The Hall–Kier alpha value is -2.36. The van der Waals surface area contributed by atoms with Gasteiger partial charge in [-0.3, -0.25) is 4.79 Å². The topological polar surface area (TPSA) is 59.2 Å². The van der Waals surface area contributed by atoms with E-state index in [-0.39, 0.29) is 5.91 Å². The van der Waals surface area contributed by atoms with Crippen LogP contribution in [0.4, 0.5) is 5.82 Å². The highest BCUT2D eigenvalue weighted by atomic mass is 16.2. The summed E-state index contributed by atoms with van der Waals surface area (Å²) in [5, 5.41) is 0. The molecule has 4 nitrogen and oxygen atoms in total. The Kier molecular flexibility index (Phi) is 4.20. The number of piperidine rings is 1. The Bertz CT molecular complexity index is 789. The lowest BCUT2D eigenvalue weighted by atomic mass is 9.78. The quantitative estimate of drug-likeness (QED) is 0.905. The smallest absolute Gasteiger partial charge is 0.253 e. The summed E-state index contributed by atoms with van der Waals surface area (Å²) in [6, 6.07) is 11.7. The average Bonchev–Trinajstić information content (AvgIpc) is 2.61. The summed E-state index contributed by atoms with van der Waals surface area (Å²) < 4.78 is 0. The van der Waals surface area contributed by atoms with E-state index in [1.54, 1.807) is 0 Å². The van der Waals surface area contributed by atoms with Crippen molar-refractivity contribution in [3.8, 4) is 11.1 Å². The minimum absolute atomic E-state index is 0.150. The van der Waals surface area contributed by atoms with Crippen LogP contribution in [0.15, 0.2) is 36.4 Å². The molecule has 1 amide bonds. The molecule has 4 rings (SSSR count). The highest BCUT2D eigenvalue weighted by Crippen LogP contribution is 2.35. The van der Waals surface area contributed by atoms with Crippen molar-refractivity contribution >= 4 is 11.7 Å². The highest BCUT2D eigenvalue weighted by Gasteiger charge is 2.32.